The molecule has 0 unspecified atom stereocenters. The van der Waals surface area contributed by atoms with Crippen LogP contribution < -0.4 is 4.90 Å². The number of nitrogens with zero attached hydrogens (tertiary/aromatic N) is 5. The predicted molar refractivity (Wildman–Crippen MR) is 123 cm³/mol. The highest BCUT2D eigenvalue weighted by Gasteiger charge is 2.42. The molecule has 2 aromatic heterocycles. The molecule has 0 atom stereocenters. The maximum atomic E-state index is 13.5. The SMILES string of the molecule is O=C1C(c2cccs2)=C(N2CCN(c3ccccn3)CC2)C(=O)N1CCN1CCOCC1. The molecule has 2 aromatic rings. The van der Waals surface area contributed by atoms with E-state index in [4.69, 9.17) is 4.74 Å². The first kappa shape index (κ1) is 21.1. The normalized spacial score (nSPS) is 20.6. The summed E-state index contributed by atoms with van der Waals surface area (Å²) in [6.07, 6.45) is 1.80. The van der Waals surface area contributed by atoms with Gasteiger partial charge >= 0.3 is 0 Å². The van der Waals surface area contributed by atoms with Crippen LogP contribution in [0, 0.1) is 0 Å². The fourth-order valence-corrected chi connectivity index (χ4v) is 5.23. The third-order valence-corrected chi connectivity index (χ3v) is 7.11. The number of morpholine rings is 1. The molecule has 9 heteroatoms. The lowest BCUT2D eigenvalue weighted by Crippen LogP contribution is -2.48. The lowest BCUT2D eigenvalue weighted by Gasteiger charge is -2.37. The molecule has 5 rings (SSSR count). The summed E-state index contributed by atoms with van der Waals surface area (Å²) in [6.45, 7) is 7.03. The molecule has 5 heterocycles. The number of aromatic nitrogens is 1. The number of carbonyl (C=O) groups excluding carboxylic acids is 2. The Morgan fingerprint density at radius 3 is 2.34 bits per heavy atom. The van der Waals surface area contributed by atoms with Crippen molar-refractivity contribution in [2.24, 2.45) is 0 Å². The Morgan fingerprint density at radius 1 is 0.875 bits per heavy atom. The van der Waals surface area contributed by atoms with Crippen molar-refractivity contribution in [2.75, 3.05) is 70.5 Å². The summed E-state index contributed by atoms with van der Waals surface area (Å²) >= 11 is 1.51. The van der Waals surface area contributed by atoms with Gasteiger partial charge in [-0.15, -0.1) is 11.3 Å². The van der Waals surface area contributed by atoms with Gasteiger partial charge in [0.25, 0.3) is 11.8 Å². The van der Waals surface area contributed by atoms with Gasteiger partial charge in [-0.05, 0) is 23.6 Å². The van der Waals surface area contributed by atoms with Gasteiger partial charge in [-0.1, -0.05) is 12.1 Å². The van der Waals surface area contributed by atoms with E-state index >= 15 is 0 Å². The number of thiophene rings is 1. The minimum Gasteiger partial charge on any atom is -0.379 e. The van der Waals surface area contributed by atoms with E-state index in [0.29, 0.717) is 50.7 Å². The average Bonchev–Trinajstić information content (AvgIpc) is 3.45. The van der Waals surface area contributed by atoms with Gasteiger partial charge in [-0.2, -0.15) is 0 Å². The Kier molecular flexibility index (Phi) is 6.20. The van der Waals surface area contributed by atoms with Gasteiger partial charge in [0.2, 0.25) is 0 Å². The molecule has 0 N–H and O–H groups in total. The Bertz CT molecular complexity index is 980. The van der Waals surface area contributed by atoms with Crippen LogP contribution in [0.25, 0.3) is 5.57 Å². The Labute approximate surface area is 191 Å². The standard InChI is InChI=1S/C23H27N5O3S/c29-22-20(18-4-3-17-32-18)21(23(30)28(22)12-7-25-13-15-31-16-14-25)27-10-8-26(9-11-27)19-5-1-2-6-24-19/h1-6,17H,7-16H2. The number of ether oxygens (including phenoxy) is 1. The predicted octanol–water partition coefficient (Wildman–Crippen LogP) is 1.38. The Morgan fingerprint density at radius 2 is 1.66 bits per heavy atom. The maximum absolute atomic E-state index is 13.5. The van der Waals surface area contributed by atoms with Crippen molar-refractivity contribution in [3.05, 3.63) is 52.5 Å². The van der Waals surface area contributed by atoms with Gasteiger partial charge < -0.3 is 14.5 Å². The van der Waals surface area contributed by atoms with Crippen molar-refractivity contribution in [2.45, 2.75) is 0 Å². The monoisotopic (exact) mass is 453 g/mol. The second kappa shape index (κ2) is 9.40. The molecule has 3 aliphatic heterocycles. The number of hydrogen-bond donors (Lipinski definition) is 0. The summed E-state index contributed by atoms with van der Waals surface area (Å²) in [5, 5.41) is 1.95. The third-order valence-electron chi connectivity index (χ3n) is 6.22. The molecule has 2 amide bonds. The molecule has 8 nitrogen and oxygen atoms in total. The van der Waals surface area contributed by atoms with Gasteiger partial charge in [0.15, 0.2) is 0 Å². The maximum Gasteiger partial charge on any atom is 0.277 e. The number of rotatable bonds is 6. The van der Waals surface area contributed by atoms with Crippen LogP contribution in [0.15, 0.2) is 47.6 Å². The molecular formula is C23H27N5O3S. The highest BCUT2D eigenvalue weighted by Crippen LogP contribution is 2.34. The molecule has 2 fully saturated rings. The summed E-state index contributed by atoms with van der Waals surface area (Å²) < 4.78 is 5.41. The minimum absolute atomic E-state index is 0.169. The Hall–Kier alpha value is -2.75. The van der Waals surface area contributed by atoms with Crippen LogP contribution in [0.3, 0.4) is 0 Å². The van der Waals surface area contributed by atoms with E-state index in [1.165, 1.54) is 16.2 Å². The van der Waals surface area contributed by atoms with Crippen LogP contribution in [0.2, 0.25) is 0 Å². The van der Waals surface area contributed by atoms with Crippen LogP contribution in [0.5, 0.6) is 0 Å². The summed E-state index contributed by atoms with van der Waals surface area (Å²) in [6, 6.07) is 9.76. The molecule has 2 saturated heterocycles. The molecule has 0 saturated carbocycles. The molecular weight excluding hydrogens is 426 g/mol. The van der Waals surface area contributed by atoms with Gasteiger partial charge in [-0.25, -0.2) is 4.98 Å². The van der Waals surface area contributed by atoms with E-state index in [9.17, 15) is 9.59 Å². The molecule has 168 valence electrons. The molecule has 0 aromatic carbocycles. The second-order valence-electron chi connectivity index (χ2n) is 8.08. The van der Waals surface area contributed by atoms with Gasteiger partial charge in [0, 0.05) is 63.4 Å². The average molecular weight is 454 g/mol. The smallest absolute Gasteiger partial charge is 0.277 e. The van der Waals surface area contributed by atoms with Crippen LogP contribution in [-0.4, -0.2) is 97.1 Å². The summed E-state index contributed by atoms with van der Waals surface area (Å²) in [5.41, 5.74) is 1.11. The molecule has 0 spiro atoms. The molecule has 0 aliphatic carbocycles. The van der Waals surface area contributed by atoms with Crippen molar-refractivity contribution in [1.29, 1.82) is 0 Å². The van der Waals surface area contributed by atoms with Crippen LogP contribution in [-0.2, 0) is 14.3 Å². The van der Waals surface area contributed by atoms with Crippen molar-refractivity contribution < 1.29 is 14.3 Å². The number of hydrogen-bond acceptors (Lipinski definition) is 8. The number of anilines is 1. The Balaban J connectivity index is 1.34. The highest BCUT2D eigenvalue weighted by atomic mass is 32.1. The quantitative estimate of drug-likeness (QED) is 0.612. The fraction of sp³-hybridized carbons (Fsp3) is 0.435. The first-order chi connectivity index (χ1) is 15.7. The van der Waals surface area contributed by atoms with Gasteiger partial charge in [0.1, 0.15) is 11.5 Å². The number of imide groups is 1. The van der Waals surface area contributed by atoms with Crippen LogP contribution in [0.4, 0.5) is 5.82 Å². The number of carbonyl (C=O) groups is 2. The van der Waals surface area contributed by atoms with Crippen molar-refractivity contribution in [3.8, 4) is 0 Å². The summed E-state index contributed by atoms with van der Waals surface area (Å²) in [4.78, 5) is 40.2. The summed E-state index contributed by atoms with van der Waals surface area (Å²) in [7, 11) is 0. The zero-order valence-corrected chi connectivity index (χ0v) is 18.8. The lowest BCUT2D eigenvalue weighted by atomic mass is 10.1. The third kappa shape index (κ3) is 4.15. The van der Waals surface area contributed by atoms with Crippen molar-refractivity contribution in [1.82, 2.24) is 19.7 Å². The molecule has 32 heavy (non-hydrogen) atoms. The number of piperazine rings is 1. The minimum atomic E-state index is -0.173. The first-order valence-corrected chi connectivity index (χ1v) is 12.0. The zero-order chi connectivity index (χ0) is 21.9. The molecule has 0 radical (unpaired) electrons. The van der Waals surface area contributed by atoms with Gasteiger partial charge in [0.05, 0.1) is 18.8 Å². The van der Waals surface area contributed by atoms with E-state index < -0.39 is 0 Å². The van der Waals surface area contributed by atoms with E-state index in [2.05, 4.69) is 19.7 Å². The van der Waals surface area contributed by atoms with Crippen molar-refractivity contribution >= 4 is 34.5 Å². The topological polar surface area (TPSA) is 69.2 Å². The van der Waals surface area contributed by atoms with Gasteiger partial charge in [-0.3, -0.25) is 19.4 Å². The summed E-state index contributed by atoms with van der Waals surface area (Å²) in [5.74, 6) is 0.603. The second-order valence-corrected chi connectivity index (χ2v) is 9.03. The lowest BCUT2D eigenvalue weighted by molar-refractivity contribution is -0.138. The number of amides is 2. The zero-order valence-electron chi connectivity index (χ0n) is 18.0. The largest absolute Gasteiger partial charge is 0.379 e. The van der Waals surface area contributed by atoms with E-state index in [1.807, 2.05) is 35.7 Å². The fourth-order valence-electron chi connectivity index (χ4n) is 4.47. The van der Waals surface area contributed by atoms with E-state index in [1.54, 1.807) is 6.20 Å². The van der Waals surface area contributed by atoms with Crippen LogP contribution >= 0.6 is 11.3 Å². The molecule has 0 bridgehead atoms. The first-order valence-electron chi connectivity index (χ1n) is 11.1. The molecule has 3 aliphatic rings. The van der Waals surface area contributed by atoms with E-state index in [-0.39, 0.29) is 11.8 Å². The van der Waals surface area contributed by atoms with Crippen molar-refractivity contribution in [3.63, 3.8) is 0 Å². The number of pyridine rings is 1. The highest BCUT2D eigenvalue weighted by molar-refractivity contribution is 7.11. The van der Waals surface area contributed by atoms with E-state index in [0.717, 1.165) is 36.9 Å². The van der Waals surface area contributed by atoms with Crippen LogP contribution in [0.1, 0.15) is 4.88 Å².